The van der Waals surface area contributed by atoms with E-state index < -0.39 is 0 Å². The monoisotopic (exact) mass is 314 g/mol. The molecule has 1 aromatic carbocycles. The summed E-state index contributed by atoms with van der Waals surface area (Å²) >= 11 is 0. The highest BCUT2D eigenvalue weighted by Gasteiger charge is 2.24. The fourth-order valence-electron chi connectivity index (χ4n) is 2.98. The summed E-state index contributed by atoms with van der Waals surface area (Å²) in [5.74, 6) is 0.0202. The highest BCUT2D eigenvalue weighted by Crippen LogP contribution is 2.29. The Hall–Kier alpha value is -1.90. The second-order valence-electron chi connectivity index (χ2n) is 6.10. The van der Waals surface area contributed by atoms with Crippen molar-refractivity contribution in [3.05, 3.63) is 47.0 Å². The van der Waals surface area contributed by atoms with E-state index in [2.05, 4.69) is 6.92 Å². The van der Waals surface area contributed by atoms with E-state index in [4.69, 9.17) is 4.74 Å². The Kier molecular flexibility index (Phi) is 7.05. The van der Waals surface area contributed by atoms with Crippen LogP contribution >= 0.6 is 0 Å². The number of rotatable bonds is 9. The second-order valence-corrected chi connectivity index (χ2v) is 6.10. The van der Waals surface area contributed by atoms with Crippen molar-refractivity contribution in [2.45, 2.75) is 58.3 Å². The maximum atomic E-state index is 12.0. The van der Waals surface area contributed by atoms with Crippen molar-refractivity contribution in [2.24, 2.45) is 0 Å². The van der Waals surface area contributed by atoms with E-state index in [0.717, 1.165) is 55.2 Å². The van der Waals surface area contributed by atoms with Crippen LogP contribution < -0.4 is 0 Å². The lowest BCUT2D eigenvalue weighted by molar-refractivity contribution is -0.142. The molecule has 124 valence electrons. The van der Waals surface area contributed by atoms with Gasteiger partial charge in [0.05, 0.1) is 13.0 Å². The molecule has 0 saturated carbocycles. The van der Waals surface area contributed by atoms with E-state index in [-0.39, 0.29) is 18.2 Å². The number of carbonyl (C=O) groups is 2. The third-order valence-electron chi connectivity index (χ3n) is 4.30. The van der Waals surface area contributed by atoms with Crippen LogP contribution in [0.4, 0.5) is 0 Å². The molecule has 2 rings (SSSR count). The molecule has 0 aliphatic heterocycles. The van der Waals surface area contributed by atoms with Gasteiger partial charge in [0.15, 0.2) is 5.78 Å². The van der Waals surface area contributed by atoms with Crippen molar-refractivity contribution in [3.63, 3.8) is 0 Å². The number of hydrogen-bond acceptors (Lipinski definition) is 3. The van der Waals surface area contributed by atoms with Gasteiger partial charge < -0.3 is 4.74 Å². The lowest BCUT2D eigenvalue weighted by Crippen LogP contribution is -2.09. The van der Waals surface area contributed by atoms with E-state index in [1.54, 1.807) is 0 Å². The standard InChI is InChI=1S/C20H26O3/c1-2-3-5-10-18-17(11-12-19(18)21)15-20(22)23-14-13-16-8-6-4-7-9-16/h4,6-9H,2-3,5,10-15H2,1H3. The van der Waals surface area contributed by atoms with Crippen LogP contribution in [0.5, 0.6) is 0 Å². The molecule has 0 N–H and O–H groups in total. The van der Waals surface area contributed by atoms with Gasteiger partial charge in [-0.05, 0) is 30.4 Å². The molecule has 0 unspecified atom stereocenters. The van der Waals surface area contributed by atoms with Gasteiger partial charge >= 0.3 is 5.97 Å². The van der Waals surface area contributed by atoms with Crippen molar-refractivity contribution < 1.29 is 14.3 Å². The first-order valence-corrected chi connectivity index (χ1v) is 8.64. The molecule has 1 aliphatic carbocycles. The van der Waals surface area contributed by atoms with E-state index in [0.29, 0.717) is 13.0 Å². The van der Waals surface area contributed by atoms with Gasteiger partial charge in [0, 0.05) is 12.8 Å². The highest BCUT2D eigenvalue weighted by atomic mass is 16.5. The van der Waals surface area contributed by atoms with Crippen LogP contribution in [0.2, 0.25) is 0 Å². The molecule has 0 amide bonds. The van der Waals surface area contributed by atoms with Crippen LogP contribution in [-0.4, -0.2) is 18.4 Å². The number of esters is 1. The Morgan fingerprint density at radius 3 is 2.61 bits per heavy atom. The third kappa shape index (κ3) is 5.66. The van der Waals surface area contributed by atoms with Crippen molar-refractivity contribution >= 4 is 11.8 Å². The Morgan fingerprint density at radius 2 is 1.87 bits per heavy atom. The topological polar surface area (TPSA) is 43.4 Å². The smallest absolute Gasteiger partial charge is 0.309 e. The summed E-state index contributed by atoms with van der Waals surface area (Å²) in [7, 11) is 0. The molecule has 0 saturated heterocycles. The predicted octanol–water partition coefficient (Wildman–Crippen LogP) is 4.40. The molecule has 1 aliphatic rings. The fourth-order valence-corrected chi connectivity index (χ4v) is 2.98. The van der Waals surface area contributed by atoms with Crippen LogP contribution in [0.1, 0.15) is 57.4 Å². The predicted molar refractivity (Wildman–Crippen MR) is 91.1 cm³/mol. The molecule has 0 heterocycles. The Labute approximate surface area is 138 Å². The average Bonchev–Trinajstić information content (AvgIpc) is 2.89. The van der Waals surface area contributed by atoms with Gasteiger partial charge in [-0.25, -0.2) is 0 Å². The number of unbranched alkanes of at least 4 members (excludes halogenated alkanes) is 2. The molecule has 3 heteroatoms. The van der Waals surface area contributed by atoms with Crippen molar-refractivity contribution in [3.8, 4) is 0 Å². The lowest BCUT2D eigenvalue weighted by Gasteiger charge is -2.08. The number of carbonyl (C=O) groups excluding carboxylic acids is 2. The summed E-state index contributed by atoms with van der Waals surface area (Å²) in [6.45, 7) is 2.55. The van der Waals surface area contributed by atoms with E-state index in [1.165, 1.54) is 0 Å². The second kappa shape index (κ2) is 9.29. The number of allylic oxidation sites excluding steroid dienone is 1. The summed E-state index contributed by atoms with van der Waals surface area (Å²) < 4.78 is 5.33. The number of ketones is 1. The quantitative estimate of drug-likeness (QED) is 0.501. The number of benzene rings is 1. The Bertz CT molecular complexity index is 558. The summed E-state index contributed by atoms with van der Waals surface area (Å²) in [5.41, 5.74) is 3.07. The minimum Gasteiger partial charge on any atom is -0.465 e. The minimum atomic E-state index is -0.210. The zero-order valence-corrected chi connectivity index (χ0v) is 14.0. The number of hydrogen-bond donors (Lipinski definition) is 0. The number of ether oxygens (including phenoxy) is 1. The van der Waals surface area contributed by atoms with Crippen LogP contribution in [0.3, 0.4) is 0 Å². The molecule has 3 nitrogen and oxygen atoms in total. The zero-order valence-electron chi connectivity index (χ0n) is 14.0. The average molecular weight is 314 g/mol. The first kappa shape index (κ1) is 17.5. The molecule has 23 heavy (non-hydrogen) atoms. The maximum absolute atomic E-state index is 12.0. The minimum absolute atomic E-state index is 0.210. The van der Waals surface area contributed by atoms with Crippen molar-refractivity contribution in [1.82, 2.24) is 0 Å². The summed E-state index contributed by atoms with van der Waals surface area (Å²) in [6, 6.07) is 9.98. The number of Topliss-reactive ketones (excluding diaryl/α,β-unsaturated/α-hetero) is 1. The Morgan fingerprint density at radius 1 is 1.09 bits per heavy atom. The van der Waals surface area contributed by atoms with Crippen molar-refractivity contribution in [1.29, 1.82) is 0 Å². The van der Waals surface area contributed by atoms with Gasteiger partial charge in [-0.1, -0.05) is 55.7 Å². The summed E-state index contributed by atoms with van der Waals surface area (Å²) in [4.78, 5) is 24.0. The molecule has 0 bridgehead atoms. The largest absolute Gasteiger partial charge is 0.465 e. The van der Waals surface area contributed by atoms with E-state index >= 15 is 0 Å². The molecular formula is C20H26O3. The van der Waals surface area contributed by atoms with Crippen LogP contribution in [0.15, 0.2) is 41.5 Å². The fraction of sp³-hybridized carbons (Fsp3) is 0.500. The lowest BCUT2D eigenvalue weighted by atomic mass is 10.0. The van der Waals surface area contributed by atoms with Gasteiger partial charge in [-0.2, -0.15) is 0 Å². The maximum Gasteiger partial charge on any atom is 0.309 e. The van der Waals surface area contributed by atoms with Gasteiger partial charge in [-0.3, -0.25) is 9.59 Å². The molecular weight excluding hydrogens is 288 g/mol. The van der Waals surface area contributed by atoms with Crippen LogP contribution in [0, 0.1) is 0 Å². The van der Waals surface area contributed by atoms with E-state index in [1.807, 2.05) is 30.3 Å². The first-order valence-electron chi connectivity index (χ1n) is 8.64. The first-order chi connectivity index (χ1) is 11.2. The van der Waals surface area contributed by atoms with Gasteiger partial charge in [0.25, 0.3) is 0 Å². The summed E-state index contributed by atoms with van der Waals surface area (Å²) in [5, 5.41) is 0. The third-order valence-corrected chi connectivity index (χ3v) is 4.30. The van der Waals surface area contributed by atoms with Crippen molar-refractivity contribution in [2.75, 3.05) is 6.61 Å². The molecule has 0 aromatic heterocycles. The van der Waals surface area contributed by atoms with Crippen LogP contribution in [-0.2, 0) is 20.7 Å². The zero-order chi connectivity index (χ0) is 16.5. The molecule has 0 spiro atoms. The Balaban J connectivity index is 1.79. The molecule has 0 fully saturated rings. The van der Waals surface area contributed by atoms with Gasteiger partial charge in [0.1, 0.15) is 0 Å². The molecule has 1 aromatic rings. The SMILES string of the molecule is CCCCCC1=C(CC(=O)OCCc2ccccc2)CCC1=O. The normalized spacial score (nSPS) is 14.4. The van der Waals surface area contributed by atoms with Gasteiger partial charge in [-0.15, -0.1) is 0 Å². The highest BCUT2D eigenvalue weighted by molar-refractivity contribution is 5.99. The molecule has 0 atom stereocenters. The van der Waals surface area contributed by atoms with Gasteiger partial charge in [0.2, 0.25) is 0 Å². The summed E-state index contributed by atoms with van der Waals surface area (Å²) in [6.07, 6.45) is 6.42. The van der Waals surface area contributed by atoms with E-state index in [9.17, 15) is 9.59 Å². The van der Waals surface area contributed by atoms with Crippen LogP contribution in [0.25, 0.3) is 0 Å². The molecule has 0 radical (unpaired) electrons.